The Bertz CT molecular complexity index is 132. The fourth-order valence-electron chi connectivity index (χ4n) is 1.94. The van der Waals surface area contributed by atoms with E-state index in [1.807, 2.05) is 6.92 Å². The standard InChI is InChI=1S/C9H20NO2/c1-4-12-9(2)10(11-3)7-5-6-8-10/h9H,4-8H2,1-3H3/q+1. The molecule has 12 heavy (non-hydrogen) atoms. The molecule has 0 saturated carbocycles. The lowest BCUT2D eigenvalue weighted by molar-refractivity contribution is -1.12. The van der Waals surface area contributed by atoms with Crippen LogP contribution < -0.4 is 0 Å². The number of quaternary nitrogens is 1. The summed E-state index contributed by atoms with van der Waals surface area (Å²) in [7, 11) is 1.78. The van der Waals surface area contributed by atoms with Crippen LogP contribution in [0.3, 0.4) is 0 Å². The van der Waals surface area contributed by atoms with Gasteiger partial charge in [-0.15, -0.1) is 0 Å². The van der Waals surface area contributed by atoms with E-state index in [1.54, 1.807) is 7.11 Å². The minimum absolute atomic E-state index is 0.183. The molecule has 0 bridgehead atoms. The van der Waals surface area contributed by atoms with Gasteiger partial charge in [0.1, 0.15) is 13.1 Å². The van der Waals surface area contributed by atoms with E-state index in [1.165, 1.54) is 12.8 Å². The van der Waals surface area contributed by atoms with Gasteiger partial charge >= 0.3 is 0 Å². The number of rotatable bonds is 4. The summed E-state index contributed by atoms with van der Waals surface area (Å²) in [5, 5.41) is 0. The molecule has 0 aromatic rings. The summed E-state index contributed by atoms with van der Waals surface area (Å²) < 4.78 is 6.26. The fraction of sp³-hybridized carbons (Fsp3) is 1.00. The van der Waals surface area contributed by atoms with Crippen molar-refractivity contribution in [1.82, 2.24) is 0 Å². The van der Waals surface area contributed by atoms with Gasteiger partial charge in [0.2, 0.25) is 6.23 Å². The van der Waals surface area contributed by atoms with Crippen molar-refractivity contribution in [3.63, 3.8) is 0 Å². The summed E-state index contributed by atoms with van der Waals surface area (Å²) >= 11 is 0. The number of likely N-dealkylation sites (tertiary alicyclic amines) is 1. The van der Waals surface area contributed by atoms with Crippen LogP contribution in [0, 0.1) is 0 Å². The molecular formula is C9H20NO2+. The second kappa shape index (κ2) is 4.21. The van der Waals surface area contributed by atoms with Crippen LogP contribution in [0.5, 0.6) is 0 Å². The molecule has 0 spiro atoms. The third-order valence-corrected chi connectivity index (χ3v) is 2.76. The zero-order chi connectivity index (χ0) is 9.03. The van der Waals surface area contributed by atoms with Crippen molar-refractivity contribution in [2.75, 3.05) is 26.8 Å². The zero-order valence-electron chi connectivity index (χ0n) is 8.38. The lowest BCUT2D eigenvalue weighted by Gasteiger charge is -2.34. The molecule has 1 aliphatic rings. The molecule has 1 atom stereocenters. The number of hydroxylamine groups is 3. The molecule has 0 aliphatic carbocycles. The van der Waals surface area contributed by atoms with Gasteiger partial charge in [0, 0.05) is 19.8 Å². The van der Waals surface area contributed by atoms with E-state index in [2.05, 4.69) is 6.92 Å². The molecule has 1 heterocycles. The Morgan fingerprint density at radius 1 is 1.33 bits per heavy atom. The van der Waals surface area contributed by atoms with E-state index < -0.39 is 0 Å². The summed E-state index contributed by atoms with van der Waals surface area (Å²) in [6.45, 7) is 7.08. The molecule has 3 nitrogen and oxygen atoms in total. The maximum atomic E-state index is 5.57. The lowest BCUT2D eigenvalue weighted by atomic mass is 10.4. The highest BCUT2D eigenvalue weighted by Crippen LogP contribution is 2.24. The predicted molar refractivity (Wildman–Crippen MR) is 47.3 cm³/mol. The second-order valence-electron chi connectivity index (χ2n) is 3.34. The minimum Gasteiger partial charge on any atom is -0.327 e. The van der Waals surface area contributed by atoms with Crippen LogP contribution >= 0.6 is 0 Å². The maximum absolute atomic E-state index is 5.57. The van der Waals surface area contributed by atoms with Gasteiger partial charge in [-0.3, -0.25) is 0 Å². The molecule has 3 heteroatoms. The van der Waals surface area contributed by atoms with Gasteiger partial charge in [0.15, 0.2) is 0 Å². The Balaban J connectivity index is 2.52. The van der Waals surface area contributed by atoms with E-state index in [0.717, 1.165) is 19.7 Å². The molecule has 1 saturated heterocycles. The van der Waals surface area contributed by atoms with Crippen molar-refractivity contribution in [1.29, 1.82) is 0 Å². The Morgan fingerprint density at radius 3 is 2.33 bits per heavy atom. The predicted octanol–water partition coefficient (Wildman–Crippen LogP) is 1.54. The summed E-state index contributed by atoms with van der Waals surface area (Å²) in [5.41, 5.74) is 0. The SMILES string of the molecule is CCOC(C)[N+]1(OC)CCCC1. The lowest BCUT2D eigenvalue weighted by Crippen LogP contribution is -2.52. The quantitative estimate of drug-likeness (QED) is 0.602. The fourth-order valence-corrected chi connectivity index (χ4v) is 1.94. The Hall–Kier alpha value is -0.120. The Labute approximate surface area is 74.8 Å². The summed E-state index contributed by atoms with van der Waals surface area (Å²) in [4.78, 5) is 5.53. The van der Waals surface area contributed by atoms with Crippen LogP contribution in [0.4, 0.5) is 0 Å². The molecule has 1 aliphatic heterocycles. The van der Waals surface area contributed by atoms with E-state index >= 15 is 0 Å². The molecule has 0 radical (unpaired) electrons. The van der Waals surface area contributed by atoms with Crippen molar-refractivity contribution < 1.29 is 14.2 Å². The number of ether oxygens (including phenoxy) is 1. The van der Waals surface area contributed by atoms with Crippen LogP contribution in [0.15, 0.2) is 0 Å². The van der Waals surface area contributed by atoms with Crippen LogP contribution in [0.1, 0.15) is 26.7 Å². The van der Waals surface area contributed by atoms with Gasteiger partial charge in [-0.05, 0) is 6.92 Å². The van der Waals surface area contributed by atoms with Gasteiger partial charge < -0.3 is 4.74 Å². The first-order chi connectivity index (χ1) is 5.75. The highest BCUT2D eigenvalue weighted by molar-refractivity contribution is 4.50. The average Bonchev–Trinajstić information content (AvgIpc) is 2.54. The molecule has 1 rings (SSSR count). The number of hydrogen-bond donors (Lipinski definition) is 0. The van der Waals surface area contributed by atoms with E-state index in [4.69, 9.17) is 9.57 Å². The summed E-state index contributed by atoms with van der Waals surface area (Å²) in [6.07, 6.45) is 2.69. The average molecular weight is 174 g/mol. The zero-order valence-corrected chi connectivity index (χ0v) is 8.38. The topological polar surface area (TPSA) is 18.5 Å². The smallest absolute Gasteiger partial charge is 0.220 e. The van der Waals surface area contributed by atoms with Crippen LogP contribution in [-0.4, -0.2) is 37.7 Å². The van der Waals surface area contributed by atoms with Crippen molar-refractivity contribution in [2.24, 2.45) is 0 Å². The van der Waals surface area contributed by atoms with Crippen LogP contribution in [0.2, 0.25) is 0 Å². The molecular weight excluding hydrogens is 154 g/mol. The van der Waals surface area contributed by atoms with Crippen LogP contribution in [-0.2, 0) is 9.57 Å². The van der Waals surface area contributed by atoms with Crippen molar-refractivity contribution in [3.05, 3.63) is 0 Å². The molecule has 0 amide bonds. The molecule has 1 fully saturated rings. The molecule has 0 aromatic carbocycles. The highest BCUT2D eigenvalue weighted by atomic mass is 16.7. The molecule has 72 valence electrons. The first-order valence-electron chi connectivity index (χ1n) is 4.79. The normalized spacial score (nSPS) is 24.2. The number of hydrogen-bond acceptors (Lipinski definition) is 2. The van der Waals surface area contributed by atoms with Crippen molar-refractivity contribution >= 4 is 0 Å². The van der Waals surface area contributed by atoms with Gasteiger partial charge in [0.25, 0.3) is 0 Å². The maximum Gasteiger partial charge on any atom is 0.220 e. The second-order valence-corrected chi connectivity index (χ2v) is 3.34. The van der Waals surface area contributed by atoms with Gasteiger partial charge in [-0.2, -0.15) is 4.65 Å². The van der Waals surface area contributed by atoms with E-state index in [0.29, 0.717) is 4.65 Å². The largest absolute Gasteiger partial charge is 0.327 e. The molecule has 0 N–H and O–H groups in total. The van der Waals surface area contributed by atoms with Crippen molar-refractivity contribution in [3.8, 4) is 0 Å². The summed E-state index contributed by atoms with van der Waals surface area (Å²) in [6, 6.07) is 0. The third kappa shape index (κ3) is 1.79. The van der Waals surface area contributed by atoms with E-state index in [-0.39, 0.29) is 6.23 Å². The van der Waals surface area contributed by atoms with Crippen molar-refractivity contribution in [2.45, 2.75) is 32.9 Å². The first kappa shape index (κ1) is 9.96. The number of nitrogens with zero attached hydrogens (tertiary/aromatic N) is 1. The minimum atomic E-state index is 0.183. The van der Waals surface area contributed by atoms with Crippen LogP contribution in [0.25, 0.3) is 0 Å². The molecule has 0 aromatic heterocycles. The highest BCUT2D eigenvalue weighted by Gasteiger charge is 2.39. The third-order valence-electron chi connectivity index (χ3n) is 2.76. The monoisotopic (exact) mass is 174 g/mol. The Morgan fingerprint density at radius 2 is 1.92 bits per heavy atom. The summed E-state index contributed by atoms with van der Waals surface area (Å²) in [5.74, 6) is 0. The van der Waals surface area contributed by atoms with E-state index in [9.17, 15) is 0 Å². The van der Waals surface area contributed by atoms with Gasteiger partial charge in [-0.1, -0.05) is 0 Å². The van der Waals surface area contributed by atoms with Gasteiger partial charge in [-0.25, -0.2) is 4.84 Å². The Kier molecular flexibility index (Phi) is 3.50. The molecule has 1 unspecified atom stereocenters. The first-order valence-corrected chi connectivity index (χ1v) is 4.79. The van der Waals surface area contributed by atoms with Gasteiger partial charge in [0.05, 0.1) is 13.7 Å².